The Morgan fingerprint density at radius 3 is 2.58 bits per heavy atom. The molecule has 0 radical (unpaired) electrons. The van der Waals surface area contributed by atoms with Gasteiger partial charge in [0.1, 0.15) is 11.6 Å². The number of benzene rings is 2. The molecule has 0 bridgehead atoms. The van der Waals surface area contributed by atoms with Gasteiger partial charge in [-0.25, -0.2) is 4.98 Å². The number of fused-ring (bicyclic) bond motifs is 1. The zero-order chi connectivity index (χ0) is 17.3. The summed E-state index contributed by atoms with van der Waals surface area (Å²) in [6.45, 7) is 7.21. The van der Waals surface area contributed by atoms with Crippen LogP contribution in [0.4, 0.5) is 5.69 Å². The predicted molar refractivity (Wildman–Crippen MR) is 97.3 cm³/mol. The number of aryl methyl sites for hydroxylation is 2. The van der Waals surface area contributed by atoms with Gasteiger partial charge < -0.3 is 20.1 Å². The van der Waals surface area contributed by atoms with E-state index in [9.17, 15) is 5.11 Å². The molecule has 3 rings (SSSR count). The Morgan fingerprint density at radius 1 is 1.17 bits per heavy atom. The van der Waals surface area contributed by atoms with E-state index in [1.807, 2.05) is 29.7 Å². The fourth-order valence-electron chi connectivity index (χ4n) is 2.90. The van der Waals surface area contributed by atoms with Gasteiger partial charge in [0.05, 0.1) is 29.9 Å². The zero-order valence-electron chi connectivity index (χ0n) is 14.3. The van der Waals surface area contributed by atoms with Crippen LogP contribution in [0.1, 0.15) is 18.1 Å². The number of imidazole rings is 1. The van der Waals surface area contributed by atoms with Crippen molar-refractivity contribution in [2.24, 2.45) is 0 Å². The van der Waals surface area contributed by atoms with Crippen LogP contribution in [0.15, 0.2) is 30.3 Å². The molecular weight excluding hydrogens is 302 g/mol. The molecule has 0 spiro atoms. The lowest BCUT2D eigenvalue weighted by Crippen LogP contribution is -2.05. The molecule has 0 saturated heterocycles. The molecule has 1 heterocycles. The molecule has 0 aliphatic rings. The van der Waals surface area contributed by atoms with E-state index in [1.54, 1.807) is 0 Å². The molecule has 0 atom stereocenters. The number of nitrogens with zero attached hydrogens (tertiary/aromatic N) is 2. The molecule has 3 N–H and O–H groups in total. The smallest absolute Gasteiger partial charge is 0.142 e. The number of nitrogen functional groups attached to an aromatic ring is 1. The summed E-state index contributed by atoms with van der Waals surface area (Å²) in [7, 11) is 0. The summed E-state index contributed by atoms with van der Waals surface area (Å²) in [5, 5.41) is 9.47. The van der Waals surface area contributed by atoms with E-state index < -0.39 is 0 Å². The largest absolute Gasteiger partial charge is 0.492 e. The molecule has 0 aliphatic carbocycles. The molecular formula is C19H23N3O2. The number of hydrogen-bond acceptors (Lipinski definition) is 4. The lowest BCUT2D eigenvalue weighted by atomic mass is 10.1. The molecule has 0 fully saturated rings. The highest BCUT2D eigenvalue weighted by Gasteiger charge is 2.14. The fraction of sp³-hybridized carbons (Fsp3) is 0.316. The van der Waals surface area contributed by atoms with Gasteiger partial charge in [-0.3, -0.25) is 0 Å². The van der Waals surface area contributed by atoms with Gasteiger partial charge in [-0.1, -0.05) is 0 Å². The molecule has 3 aromatic rings. The summed E-state index contributed by atoms with van der Waals surface area (Å²) in [5.41, 5.74) is 12.0. The topological polar surface area (TPSA) is 73.3 Å². The SMILES string of the molecule is CCOc1ccc(-c2nc3cc(C)c(C)cc3n2CCO)cc1N. The van der Waals surface area contributed by atoms with Crippen molar-refractivity contribution in [1.82, 2.24) is 9.55 Å². The van der Waals surface area contributed by atoms with Crippen LogP contribution in [0.2, 0.25) is 0 Å². The maximum Gasteiger partial charge on any atom is 0.142 e. The highest BCUT2D eigenvalue weighted by atomic mass is 16.5. The van der Waals surface area contributed by atoms with Crippen LogP contribution in [0.25, 0.3) is 22.4 Å². The lowest BCUT2D eigenvalue weighted by Gasteiger charge is -2.11. The Balaban J connectivity index is 2.18. The Bertz CT molecular complexity index is 884. The molecule has 1 aromatic heterocycles. The van der Waals surface area contributed by atoms with Gasteiger partial charge in [-0.05, 0) is 62.2 Å². The summed E-state index contributed by atoms with van der Waals surface area (Å²) >= 11 is 0. The Labute approximate surface area is 141 Å². The van der Waals surface area contributed by atoms with Crippen molar-refractivity contribution in [3.63, 3.8) is 0 Å². The second kappa shape index (κ2) is 6.53. The minimum absolute atomic E-state index is 0.0535. The van der Waals surface area contributed by atoms with Gasteiger partial charge in [0, 0.05) is 12.1 Å². The predicted octanol–water partition coefficient (Wildman–Crippen LogP) is 3.29. The van der Waals surface area contributed by atoms with Crippen LogP contribution in [0, 0.1) is 13.8 Å². The third-order valence-corrected chi connectivity index (χ3v) is 4.26. The molecule has 2 aromatic carbocycles. The van der Waals surface area contributed by atoms with Crippen molar-refractivity contribution in [3.05, 3.63) is 41.5 Å². The first-order valence-corrected chi connectivity index (χ1v) is 8.16. The highest BCUT2D eigenvalue weighted by molar-refractivity contribution is 5.83. The average molecular weight is 325 g/mol. The minimum Gasteiger partial charge on any atom is -0.492 e. The van der Waals surface area contributed by atoms with E-state index in [-0.39, 0.29) is 6.61 Å². The van der Waals surface area contributed by atoms with Crippen LogP contribution in [0.3, 0.4) is 0 Å². The second-order valence-electron chi connectivity index (χ2n) is 5.92. The highest BCUT2D eigenvalue weighted by Crippen LogP contribution is 2.31. The van der Waals surface area contributed by atoms with Crippen LogP contribution in [0.5, 0.6) is 5.75 Å². The van der Waals surface area contributed by atoms with E-state index in [2.05, 4.69) is 26.0 Å². The first kappa shape index (κ1) is 16.3. The van der Waals surface area contributed by atoms with Gasteiger partial charge >= 0.3 is 0 Å². The van der Waals surface area contributed by atoms with Gasteiger partial charge in [0.25, 0.3) is 0 Å². The van der Waals surface area contributed by atoms with Crippen molar-refractivity contribution in [1.29, 1.82) is 0 Å². The van der Waals surface area contributed by atoms with E-state index >= 15 is 0 Å². The first-order valence-electron chi connectivity index (χ1n) is 8.16. The van der Waals surface area contributed by atoms with E-state index in [0.29, 0.717) is 24.6 Å². The summed E-state index contributed by atoms with van der Waals surface area (Å²) in [6, 6.07) is 9.90. The minimum atomic E-state index is 0.0535. The normalized spacial score (nSPS) is 11.2. The summed E-state index contributed by atoms with van der Waals surface area (Å²) < 4.78 is 7.54. The number of aromatic nitrogens is 2. The number of ether oxygens (including phenoxy) is 1. The Hall–Kier alpha value is -2.53. The number of aliphatic hydroxyl groups excluding tert-OH is 1. The van der Waals surface area contributed by atoms with Crippen molar-refractivity contribution < 1.29 is 9.84 Å². The maximum absolute atomic E-state index is 9.47. The lowest BCUT2D eigenvalue weighted by molar-refractivity contribution is 0.278. The monoisotopic (exact) mass is 325 g/mol. The molecule has 5 nitrogen and oxygen atoms in total. The molecule has 0 aliphatic heterocycles. The molecule has 24 heavy (non-hydrogen) atoms. The summed E-state index contributed by atoms with van der Waals surface area (Å²) in [5.74, 6) is 1.48. The molecule has 0 amide bonds. The van der Waals surface area contributed by atoms with Gasteiger partial charge in [0.2, 0.25) is 0 Å². The quantitative estimate of drug-likeness (QED) is 0.706. The van der Waals surface area contributed by atoms with Crippen molar-refractivity contribution >= 4 is 16.7 Å². The second-order valence-corrected chi connectivity index (χ2v) is 5.92. The average Bonchev–Trinajstić information content (AvgIpc) is 2.88. The van der Waals surface area contributed by atoms with Crippen LogP contribution in [-0.2, 0) is 6.54 Å². The first-order chi connectivity index (χ1) is 11.5. The number of hydrogen-bond donors (Lipinski definition) is 2. The van der Waals surface area contributed by atoms with Gasteiger partial charge in [-0.15, -0.1) is 0 Å². The van der Waals surface area contributed by atoms with Gasteiger partial charge in [-0.2, -0.15) is 0 Å². The number of nitrogens with two attached hydrogens (primary N) is 1. The molecule has 5 heteroatoms. The molecule has 0 saturated carbocycles. The van der Waals surface area contributed by atoms with Crippen molar-refractivity contribution in [3.8, 4) is 17.1 Å². The van der Waals surface area contributed by atoms with Crippen LogP contribution >= 0.6 is 0 Å². The molecule has 126 valence electrons. The Morgan fingerprint density at radius 2 is 1.92 bits per heavy atom. The third kappa shape index (κ3) is 2.83. The number of aliphatic hydroxyl groups is 1. The Kier molecular flexibility index (Phi) is 4.44. The molecule has 0 unspecified atom stereocenters. The zero-order valence-corrected chi connectivity index (χ0v) is 14.3. The van der Waals surface area contributed by atoms with Crippen LogP contribution in [-0.4, -0.2) is 27.9 Å². The fourth-order valence-corrected chi connectivity index (χ4v) is 2.90. The third-order valence-electron chi connectivity index (χ3n) is 4.26. The number of anilines is 1. The maximum atomic E-state index is 9.47. The number of rotatable bonds is 5. The standard InChI is InChI=1S/C19H23N3O2/c1-4-24-18-6-5-14(11-15(18)20)19-21-16-9-12(2)13(3)10-17(16)22(19)7-8-23/h5-6,9-11,23H,4,7-8,20H2,1-3H3. The summed E-state index contributed by atoms with van der Waals surface area (Å²) in [4.78, 5) is 4.78. The van der Waals surface area contributed by atoms with E-state index in [1.165, 1.54) is 11.1 Å². The van der Waals surface area contributed by atoms with Crippen molar-refractivity contribution in [2.75, 3.05) is 18.9 Å². The van der Waals surface area contributed by atoms with Crippen LogP contribution < -0.4 is 10.5 Å². The van der Waals surface area contributed by atoms with Gasteiger partial charge in [0.15, 0.2) is 0 Å². The summed E-state index contributed by atoms with van der Waals surface area (Å²) in [6.07, 6.45) is 0. The van der Waals surface area contributed by atoms with E-state index in [0.717, 1.165) is 22.4 Å². The van der Waals surface area contributed by atoms with E-state index in [4.69, 9.17) is 15.5 Å². The van der Waals surface area contributed by atoms with Crippen molar-refractivity contribution in [2.45, 2.75) is 27.3 Å².